The third-order valence-corrected chi connectivity index (χ3v) is 5.42. The van der Waals surface area contributed by atoms with Crippen LogP contribution in [0.25, 0.3) is 10.9 Å². The smallest absolute Gasteiger partial charge is 0.137 e. The van der Waals surface area contributed by atoms with Gasteiger partial charge in [-0.1, -0.05) is 31.7 Å². The van der Waals surface area contributed by atoms with Crippen LogP contribution in [-0.2, 0) is 11.3 Å². The topological polar surface area (TPSA) is 59.1 Å². The summed E-state index contributed by atoms with van der Waals surface area (Å²) in [7, 11) is 0. The van der Waals surface area contributed by atoms with Crippen LogP contribution in [0.3, 0.4) is 0 Å². The van der Waals surface area contributed by atoms with Crippen LogP contribution in [0.15, 0.2) is 24.5 Å². The van der Waals surface area contributed by atoms with Crippen LogP contribution >= 0.6 is 0 Å². The molecule has 2 fully saturated rings. The third-order valence-electron chi connectivity index (χ3n) is 5.42. The van der Waals surface area contributed by atoms with Crippen molar-refractivity contribution in [2.45, 2.75) is 63.6 Å². The molecular formula is C20H28N4O. The molecule has 1 atom stereocenters. The zero-order valence-corrected chi connectivity index (χ0v) is 14.8. The van der Waals surface area contributed by atoms with Crippen LogP contribution in [-0.4, -0.2) is 35.3 Å². The maximum atomic E-state index is 5.44. The Morgan fingerprint density at radius 2 is 1.88 bits per heavy atom. The highest BCUT2D eigenvalue weighted by Gasteiger charge is 2.16. The minimum Gasteiger partial charge on any atom is -0.380 e. The zero-order valence-electron chi connectivity index (χ0n) is 14.8. The van der Waals surface area contributed by atoms with E-state index in [1.807, 2.05) is 0 Å². The fourth-order valence-corrected chi connectivity index (χ4v) is 3.90. The lowest BCUT2D eigenvalue weighted by Gasteiger charge is -2.18. The van der Waals surface area contributed by atoms with E-state index in [2.05, 4.69) is 38.8 Å². The van der Waals surface area contributed by atoms with Gasteiger partial charge in [0.1, 0.15) is 12.1 Å². The van der Waals surface area contributed by atoms with Gasteiger partial charge in [0, 0.05) is 30.6 Å². The largest absolute Gasteiger partial charge is 0.380 e. The molecule has 0 amide bonds. The molecule has 1 aromatic heterocycles. The maximum absolute atomic E-state index is 5.44. The molecule has 5 nitrogen and oxygen atoms in total. The van der Waals surface area contributed by atoms with Gasteiger partial charge in [0.05, 0.1) is 12.1 Å². The Balaban J connectivity index is 1.50. The van der Waals surface area contributed by atoms with E-state index in [4.69, 9.17) is 4.74 Å². The van der Waals surface area contributed by atoms with Crippen LogP contribution in [0, 0.1) is 0 Å². The first-order chi connectivity index (χ1) is 12.4. The maximum Gasteiger partial charge on any atom is 0.137 e. The molecule has 0 bridgehead atoms. The lowest BCUT2D eigenvalue weighted by atomic mass is 10.1. The molecule has 1 saturated carbocycles. The first-order valence-electron chi connectivity index (χ1n) is 9.70. The molecule has 134 valence electrons. The summed E-state index contributed by atoms with van der Waals surface area (Å²) >= 11 is 0. The molecule has 4 rings (SSSR count). The average molecular weight is 340 g/mol. The van der Waals surface area contributed by atoms with Crippen LogP contribution in [0.1, 0.15) is 50.5 Å². The van der Waals surface area contributed by atoms with E-state index in [9.17, 15) is 0 Å². The van der Waals surface area contributed by atoms with E-state index in [1.165, 1.54) is 44.1 Å². The van der Waals surface area contributed by atoms with E-state index in [0.717, 1.165) is 42.9 Å². The Morgan fingerprint density at radius 1 is 1.00 bits per heavy atom. The van der Waals surface area contributed by atoms with E-state index >= 15 is 0 Å². The number of rotatable bonds is 5. The number of aromatic nitrogens is 2. The van der Waals surface area contributed by atoms with Gasteiger partial charge in [0.2, 0.25) is 0 Å². The summed E-state index contributed by atoms with van der Waals surface area (Å²) in [5, 5.41) is 8.42. The molecule has 1 aliphatic heterocycles. The highest BCUT2D eigenvalue weighted by atomic mass is 16.5. The summed E-state index contributed by atoms with van der Waals surface area (Å²) in [5.41, 5.74) is 2.29. The number of hydrogen-bond acceptors (Lipinski definition) is 5. The lowest BCUT2D eigenvalue weighted by molar-refractivity contribution is 0.190. The Bertz CT molecular complexity index is 691. The molecule has 0 radical (unpaired) electrons. The third kappa shape index (κ3) is 4.28. The van der Waals surface area contributed by atoms with Crippen LogP contribution < -0.4 is 10.6 Å². The summed E-state index contributed by atoms with van der Waals surface area (Å²) in [5.74, 6) is 0.989. The summed E-state index contributed by atoms with van der Waals surface area (Å²) in [6.45, 7) is 2.56. The fourth-order valence-electron chi connectivity index (χ4n) is 3.90. The van der Waals surface area contributed by atoms with Gasteiger partial charge in [-0.05, 0) is 37.0 Å². The Labute approximate surface area is 149 Å². The van der Waals surface area contributed by atoms with E-state index in [-0.39, 0.29) is 0 Å². The van der Waals surface area contributed by atoms with Gasteiger partial charge in [-0.2, -0.15) is 0 Å². The monoisotopic (exact) mass is 340 g/mol. The molecule has 1 saturated heterocycles. The van der Waals surface area contributed by atoms with Crippen molar-refractivity contribution in [1.29, 1.82) is 0 Å². The van der Waals surface area contributed by atoms with Crippen molar-refractivity contribution in [2.75, 3.05) is 18.5 Å². The number of hydrogen-bond donors (Lipinski definition) is 2. The van der Waals surface area contributed by atoms with Crippen molar-refractivity contribution in [3.63, 3.8) is 0 Å². The van der Waals surface area contributed by atoms with Gasteiger partial charge in [-0.15, -0.1) is 0 Å². The molecule has 1 aromatic carbocycles. The molecule has 25 heavy (non-hydrogen) atoms. The summed E-state index contributed by atoms with van der Waals surface area (Å²) < 4.78 is 5.44. The SMILES string of the molecule is c1nc(NC2CCCCCC2)c2cc(CN[C@H]3CCOC3)ccc2n1. The number of nitrogens with one attached hydrogen (secondary N) is 2. The van der Waals surface area contributed by atoms with Crippen molar-refractivity contribution in [3.8, 4) is 0 Å². The summed E-state index contributed by atoms with van der Waals surface area (Å²) in [6.07, 6.45) is 10.6. The first-order valence-corrected chi connectivity index (χ1v) is 9.70. The van der Waals surface area contributed by atoms with Gasteiger partial charge >= 0.3 is 0 Å². The number of benzene rings is 1. The van der Waals surface area contributed by atoms with Crippen LogP contribution in [0.2, 0.25) is 0 Å². The average Bonchev–Trinajstić information content (AvgIpc) is 3.04. The van der Waals surface area contributed by atoms with Crippen molar-refractivity contribution < 1.29 is 4.74 Å². The van der Waals surface area contributed by atoms with Crippen LogP contribution in [0.5, 0.6) is 0 Å². The standard InChI is InChI=1S/C20H28N4O/c1-2-4-6-16(5-3-1)24-20-18-11-15(7-8-19(18)22-14-23-20)12-21-17-9-10-25-13-17/h7-8,11,14,16-17,21H,1-6,9-10,12-13H2,(H,22,23,24)/t17-/m0/s1. The quantitative estimate of drug-likeness (QED) is 0.814. The minimum absolute atomic E-state index is 0.478. The predicted molar refractivity (Wildman–Crippen MR) is 101 cm³/mol. The predicted octanol–water partition coefficient (Wildman–Crippen LogP) is 3.64. The van der Waals surface area contributed by atoms with Gasteiger partial charge in [-0.3, -0.25) is 0 Å². The molecule has 2 aromatic rings. The van der Waals surface area contributed by atoms with Gasteiger partial charge in [0.25, 0.3) is 0 Å². The van der Waals surface area contributed by atoms with Crippen LogP contribution in [0.4, 0.5) is 5.82 Å². The fraction of sp³-hybridized carbons (Fsp3) is 0.600. The lowest BCUT2D eigenvalue weighted by Crippen LogP contribution is -2.28. The molecular weight excluding hydrogens is 312 g/mol. The highest BCUT2D eigenvalue weighted by Crippen LogP contribution is 2.25. The second-order valence-electron chi connectivity index (χ2n) is 7.35. The minimum atomic E-state index is 0.478. The molecule has 1 aliphatic carbocycles. The Kier molecular flexibility index (Phi) is 5.43. The number of ether oxygens (including phenoxy) is 1. The van der Waals surface area contributed by atoms with Gasteiger partial charge in [-0.25, -0.2) is 9.97 Å². The van der Waals surface area contributed by atoms with E-state index < -0.39 is 0 Å². The molecule has 0 unspecified atom stereocenters. The zero-order chi connectivity index (χ0) is 16.9. The van der Waals surface area contributed by atoms with E-state index in [1.54, 1.807) is 6.33 Å². The second-order valence-corrected chi connectivity index (χ2v) is 7.35. The molecule has 5 heteroatoms. The molecule has 0 spiro atoms. The molecule has 2 aliphatic rings. The molecule has 2 N–H and O–H groups in total. The number of fused-ring (bicyclic) bond motifs is 1. The number of anilines is 1. The first kappa shape index (κ1) is 16.7. The van der Waals surface area contributed by atoms with Gasteiger partial charge < -0.3 is 15.4 Å². The Hall–Kier alpha value is -1.72. The van der Waals surface area contributed by atoms with Crippen molar-refractivity contribution >= 4 is 16.7 Å². The van der Waals surface area contributed by atoms with Crippen molar-refractivity contribution in [3.05, 3.63) is 30.1 Å². The normalized spacial score (nSPS) is 22.2. The van der Waals surface area contributed by atoms with E-state index in [0.29, 0.717) is 12.1 Å². The molecule has 2 heterocycles. The number of nitrogens with zero attached hydrogens (tertiary/aromatic N) is 2. The summed E-state index contributed by atoms with van der Waals surface area (Å²) in [6, 6.07) is 7.52. The van der Waals surface area contributed by atoms with Crippen molar-refractivity contribution in [2.24, 2.45) is 0 Å². The Morgan fingerprint density at radius 3 is 2.68 bits per heavy atom. The summed E-state index contributed by atoms with van der Waals surface area (Å²) in [4.78, 5) is 8.99. The van der Waals surface area contributed by atoms with Crippen molar-refractivity contribution in [1.82, 2.24) is 15.3 Å². The highest BCUT2D eigenvalue weighted by molar-refractivity contribution is 5.89. The second kappa shape index (κ2) is 8.11. The van der Waals surface area contributed by atoms with Gasteiger partial charge in [0.15, 0.2) is 0 Å².